The molecule has 9 heteroatoms. The average molecular weight is 500 g/mol. The zero-order valence-electron chi connectivity index (χ0n) is 19.7. The molecule has 5 aromatic rings. The Kier molecular flexibility index (Phi) is 5.45. The lowest BCUT2D eigenvalue weighted by molar-refractivity contribution is 0.307. The minimum atomic E-state index is -0.598. The van der Waals surface area contributed by atoms with Crippen LogP contribution in [0.25, 0.3) is 22.8 Å². The molecule has 6 rings (SSSR count). The summed E-state index contributed by atoms with van der Waals surface area (Å²) in [7, 11) is 0. The number of nitrogens with one attached hydrogen (secondary N) is 1. The zero-order chi connectivity index (χ0) is 24.8. The Morgan fingerprint density at radius 1 is 1.14 bits per heavy atom. The van der Waals surface area contributed by atoms with E-state index in [-0.39, 0.29) is 0 Å². The maximum absolute atomic E-state index is 11.5. The maximum Gasteiger partial charge on any atom is 0.439 e. The molecule has 8 nitrogen and oxygen atoms in total. The normalized spacial score (nSPS) is 13.9. The lowest BCUT2D eigenvalue weighted by Gasteiger charge is -2.13. The summed E-state index contributed by atoms with van der Waals surface area (Å²) in [6.07, 6.45) is 2.57. The fraction of sp³-hybridized carbons (Fsp3) is 0.185. The van der Waals surface area contributed by atoms with Crippen molar-refractivity contribution in [3.05, 3.63) is 104 Å². The van der Waals surface area contributed by atoms with Crippen LogP contribution in [0.15, 0.2) is 57.8 Å². The molecule has 0 amide bonds. The molecule has 4 heterocycles. The highest BCUT2D eigenvalue weighted by molar-refractivity contribution is 6.34. The van der Waals surface area contributed by atoms with Crippen LogP contribution >= 0.6 is 11.6 Å². The summed E-state index contributed by atoms with van der Waals surface area (Å²) in [6, 6.07) is 16.0. The van der Waals surface area contributed by atoms with Gasteiger partial charge >= 0.3 is 5.76 Å². The number of aromatic amines is 1. The van der Waals surface area contributed by atoms with Crippen molar-refractivity contribution < 1.29 is 9.26 Å². The van der Waals surface area contributed by atoms with E-state index in [1.165, 1.54) is 0 Å². The van der Waals surface area contributed by atoms with E-state index in [9.17, 15) is 4.79 Å². The van der Waals surface area contributed by atoms with Crippen molar-refractivity contribution in [2.45, 2.75) is 33.4 Å². The number of ether oxygens (including phenoxy) is 1. The van der Waals surface area contributed by atoms with Crippen molar-refractivity contribution in [2.75, 3.05) is 0 Å². The number of H-pyrrole nitrogens is 1. The molecule has 36 heavy (non-hydrogen) atoms. The number of para-hydroxylation sites is 1. The van der Waals surface area contributed by atoms with Gasteiger partial charge in [-0.05, 0) is 53.5 Å². The second-order valence-electron chi connectivity index (χ2n) is 8.70. The molecule has 0 atom stereocenters. The molecule has 1 aliphatic rings. The summed E-state index contributed by atoms with van der Waals surface area (Å²) in [6.45, 7) is 5.01. The molecule has 3 aromatic heterocycles. The van der Waals surface area contributed by atoms with Crippen molar-refractivity contribution >= 4 is 34.4 Å². The van der Waals surface area contributed by atoms with Crippen LogP contribution in [0.4, 0.5) is 0 Å². The molecule has 0 unspecified atom stereocenters. The molecule has 0 bridgehead atoms. The van der Waals surface area contributed by atoms with Gasteiger partial charge in [0.2, 0.25) is 0 Å². The molecular formula is C27H22ClN5O3. The number of hydrogen-bond donors (Lipinski definition) is 1. The highest BCUT2D eigenvalue weighted by Crippen LogP contribution is 2.38. The zero-order valence-corrected chi connectivity index (χ0v) is 20.5. The van der Waals surface area contributed by atoms with E-state index in [0.29, 0.717) is 24.0 Å². The standard InChI is InChI=1S/C27H22ClN5O3/c1-3-24-31-25-21(28)10-15(2)29-26(25)33(24)13-16-8-9-18-17(11-16)14-35-22-7-5-4-6-19(22)20(18)12-23-30-27(34)36-32-23/h4-12H,3,13-14H2,1-2H3,(H,30,32,34). The van der Waals surface area contributed by atoms with Crippen LogP contribution in [0.2, 0.25) is 5.02 Å². The second-order valence-corrected chi connectivity index (χ2v) is 9.11. The van der Waals surface area contributed by atoms with Crippen LogP contribution < -0.4 is 10.5 Å². The molecule has 1 aliphatic heterocycles. The summed E-state index contributed by atoms with van der Waals surface area (Å²) in [4.78, 5) is 23.6. The molecule has 0 saturated heterocycles. The van der Waals surface area contributed by atoms with Crippen LogP contribution in [0.1, 0.15) is 46.5 Å². The van der Waals surface area contributed by atoms with Gasteiger partial charge in [0.15, 0.2) is 11.5 Å². The number of nitrogens with zero attached hydrogens (tertiary/aromatic N) is 4. The number of aryl methyl sites for hydroxylation is 2. The van der Waals surface area contributed by atoms with Crippen LogP contribution in [0.3, 0.4) is 0 Å². The minimum Gasteiger partial charge on any atom is -0.488 e. The van der Waals surface area contributed by atoms with Gasteiger partial charge in [0.25, 0.3) is 0 Å². The van der Waals surface area contributed by atoms with Gasteiger partial charge in [-0.3, -0.25) is 9.51 Å². The summed E-state index contributed by atoms with van der Waals surface area (Å²) < 4.78 is 13.0. The third-order valence-corrected chi connectivity index (χ3v) is 6.57. The molecular weight excluding hydrogens is 478 g/mol. The van der Waals surface area contributed by atoms with Crippen LogP contribution in [-0.2, 0) is 19.6 Å². The van der Waals surface area contributed by atoms with Gasteiger partial charge in [0.05, 0.1) is 11.6 Å². The van der Waals surface area contributed by atoms with E-state index in [4.69, 9.17) is 30.8 Å². The fourth-order valence-electron chi connectivity index (χ4n) is 4.67. The van der Waals surface area contributed by atoms with Gasteiger partial charge in [-0.1, -0.05) is 54.0 Å². The maximum atomic E-state index is 11.5. The van der Waals surface area contributed by atoms with Gasteiger partial charge in [-0.25, -0.2) is 14.8 Å². The number of imidazole rings is 1. The summed E-state index contributed by atoms with van der Waals surface area (Å²) >= 11 is 6.48. The average Bonchev–Trinajstić information content (AvgIpc) is 3.40. The minimum absolute atomic E-state index is 0.345. The fourth-order valence-corrected chi connectivity index (χ4v) is 4.96. The Hall–Kier alpha value is -4.17. The van der Waals surface area contributed by atoms with Crippen LogP contribution in [0, 0.1) is 6.92 Å². The number of hydrogen-bond acceptors (Lipinski definition) is 6. The Balaban J connectivity index is 1.46. The molecule has 2 aromatic carbocycles. The van der Waals surface area contributed by atoms with Gasteiger partial charge in [-0.15, -0.1) is 0 Å². The molecule has 180 valence electrons. The quantitative estimate of drug-likeness (QED) is 0.366. The van der Waals surface area contributed by atoms with Crippen molar-refractivity contribution in [1.29, 1.82) is 0 Å². The first-order chi connectivity index (χ1) is 17.5. The van der Waals surface area contributed by atoms with E-state index in [0.717, 1.165) is 62.7 Å². The first kappa shape index (κ1) is 22.3. The number of benzene rings is 2. The highest BCUT2D eigenvalue weighted by Gasteiger charge is 2.21. The first-order valence-corrected chi connectivity index (χ1v) is 12.0. The van der Waals surface area contributed by atoms with Gasteiger partial charge in [0, 0.05) is 17.7 Å². The van der Waals surface area contributed by atoms with Crippen molar-refractivity contribution in [3.8, 4) is 5.75 Å². The number of rotatable bonds is 4. The Labute approximate surface area is 211 Å². The largest absolute Gasteiger partial charge is 0.488 e. The third-order valence-electron chi connectivity index (χ3n) is 6.28. The third kappa shape index (κ3) is 3.89. The predicted octanol–water partition coefficient (Wildman–Crippen LogP) is 5.16. The predicted molar refractivity (Wildman–Crippen MR) is 137 cm³/mol. The molecule has 0 radical (unpaired) electrons. The van der Waals surface area contributed by atoms with Crippen molar-refractivity contribution in [1.82, 2.24) is 24.7 Å². The molecule has 1 N–H and O–H groups in total. The van der Waals surface area contributed by atoms with Crippen LogP contribution in [-0.4, -0.2) is 24.7 Å². The van der Waals surface area contributed by atoms with Crippen molar-refractivity contribution in [3.63, 3.8) is 0 Å². The van der Waals surface area contributed by atoms with Crippen molar-refractivity contribution in [2.24, 2.45) is 0 Å². The highest BCUT2D eigenvalue weighted by atomic mass is 35.5. The molecule has 0 fully saturated rings. The second kappa shape index (κ2) is 8.80. The SMILES string of the molecule is CCc1nc2c(Cl)cc(C)nc2n1Cc1ccc2c(c1)COc1ccccc1C2=Cc1noc(=O)[nH]1. The summed E-state index contributed by atoms with van der Waals surface area (Å²) in [5, 5.41) is 4.44. The Bertz CT molecular complexity index is 1710. The van der Waals surface area contributed by atoms with E-state index < -0.39 is 5.76 Å². The van der Waals surface area contributed by atoms with E-state index in [2.05, 4.69) is 39.8 Å². The smallest absolute Gasteiger partial charge is 0.439 e. The number of halogens is 1. The molecule has 0 aliphatic carbocycles. The van der Waals surface area contributed by atoms with Gasteiger partial charge < -0.3 is 9.30 Å². The topological polar surface area (TPSA) is 98.8 Å². The molecule has 0 spiro atoms. The van der Waals surface area contributed by atoms with E-state index >= 15 is 0 Å². The lowest BCUT2D eigenvalue weighted by atomic mass is 9.92. The van der Waals surface area contributed by atoms with Crippen LogP contribution in [0.5, 0.6) is 5.75 Å². The lowest BCUT2D eigenvalue weighted by Crippen LogP contribution is -2.07. The van der Waals surface area contributed by atoms with E-state index in [1.54, 1.807) is 0 Å². The summed E-state index contributed by atoms with van der Waals surface area (Å²) in [5.74, 6) is 1.44. The number of aromatic nitrogens is 5. The first-order valence-electron chi connectivity index (χ1n) is 11.6. The molecule has 0 saturated carbocycles. The summed E-state index contributed by atoms with van der Waals surface area (Å²) in [5.41, 5.74) is 7.26. The Morgan fingerprint density at radius 3 is 2.81 bits per heavy atom. The monoisotopic (exact) mass is 499 g/mol. The Morgan fingerprint density at radius 2 is 2.00 bits per heavy atom. The van der Waals surface area contributed by atoms with Gasteiger partial charge in [0.1, 0.15) is 23.7 Å². The number of fused-ring (bicyclic) bond motifs is 3. The van der Waals surface area contributed by atoms with Gasteiger partial charge in [-0.2, -0.15) is 0 Å². The van der Waals surface area contributed by atoms with E-state index in [1.807, 2.05) is 43.3 Å². The number of pyridine rings is 1.